The average molecular weight is 271 g/mol. The number of amides is 1. The van der Waals surface area contributed by atoms with E-state index in [4.69, 9.17) is 5.73 Å². The third-order valence-corrected chi connectivity index (χ3v) is 3.72. The van der Waals surface area contributed by atoms with Crippen LogP contribution in [0.2, 0.25) is 0 Å². The molecule has 2 rings (SSSR count). The van der Waals surface area contributed by atoms with E-state index in [2.05, 4.69) is 30.7 Å². The molecule has 4 nitrogen and oxygen atoms in total. The van der Waals surface area contributed by atoms with Crippen molar-refractivity contribution in [1.29, 1.82) is 0 Å². The number of nitrogens with zero attached hydrogens (tertiary/aromatic N) is 2. The van der Waals surface area contributed by atoms with Crippen LogP contribution >= 0.6 is 0 Å². The predicted molar refractivity (Wildman–Crippen MR) is 79.1 cm³/mol. The molecule has 0 aromatic carbocycles. The van der Waals surface area contributed by atoms with Crippen molar-refractivity contribution in [3.63, 3.8) is 0 Å². The van der Waals surface area contributed by atoms with Crippen LogP contribution < -0.4 is 5.73 Å². The monoisotopic (exact) mass is 271 g/mol. The van der Waals surface area contributed by atoms with E-state index in [0.29, 0.717) is 17.5 Å². The Labute approximate surface area is 120 Å². The Bertz CT molecular complexity index is 544. The maximum Gasteiger partial charge on any atom is 0.255 e. The summed E-state index contributed by atoms with van der Waals surface area (Å²) in [6, 6.07) is 1.79. The summed E-state index contributed by atoms with van der Waals surface area (Å²) in [4.78, 5) is 18.4. The number of rotatable bonds is 1. The lowest BCUT2D eigenvalue weighted by atomic mass is 9.82. The van der Waals surface area contributed by atoms with Crippen molar-refractivity contribution in [3.8, 4) is 11.8 Å². The summed E-state index contributed by atoms with van der Waals surface area (Å²) in [6.45, 7) is 6.42. The first-order valence-electron chi connectivity index (χ1n) is 6.95. The Hall–Kier alpha value is -1.86. The first-order valence-corrected chi connectivity index (χ1v) is 6.95. The Kier molecular flexibility index (Phi) is 4.41. The van der Waals surface area contributed by atoms with Gasteiger partial charge in [-0.25, -0.2) is 0 Å². The molecule has 0 spiro atoms. The van der Waals surface area contributed by atoms with Crippen LogP contribution in [-0.2, 0) is 0 Å². The van der Waals surface area contributed by atoms with E-state index in [1.807, 2.05) is 4.90 Å². The number of carbonyl (C=O) groups is 1. The van der Waals surface area contributed by atoms with Gasteiger partial charge >= 0.3 is 0 Å². The van der Waals surface area contributed by atoms with Crippen LogP contribution in [0.5, 0.6) is 0 Å². The second-order valence-electron chi connectivity index (χ2n) is 5.92. The zero-order valence-corrected chi connectivity index (χ0v) is 12.1. The topological polar surface area (TPSA) is 59.2 Å². The Morgan fingerprint density at radius 1 is 1.40 bits per heavy atom. The van der Waals surface area contributed by atoms with Gasteiger partial charge in [0, 0.05) is 31.0 Å². The zero-order chi connectivity index (χ0) is 14.6. The molecule has 2 heterocycles. The van der Waals surface area contributed by atoms with Crippen LogP contribution in [-0.4, -0.2) is 35.4 Å². The SMILES string of the molecule is CC1(C)CCN(C(=O)c2cncc(C#CCN)c2)CC1. The molecule has 0 saturated carbocycles. The van der Waals surface area contributed by atoms with Gasteiger partial charge in [0.25, 0.3) is 5.91 Å². The van der Waals surface area contributed by atoms with E-state index >= 15 is 0 Å². The van der Waals surface area contributed by atoms with Crippen molar-refractivity contribution in [2.24, 2.45) is 11.1 Å². The summed E-state index contributed by atoms with van der Waals surface area (Å²) in [5.41, 5.74) is 7.02. The molecule has 0 unspecified atom stereocenters. The number of piperidine rings is 1. The summed E-state index contributed by atoms with van der Waals surface area (Å²) in [5, 5.41) is 0. The van der Waals surface area contributed by atoms with Gasteiger partial charge in [-0.2, -0.15) is 0 Å². The van der Waals surface area contributed by atoms with Crippen molar-refractivity contribution in [2.45, 2.75) is 26.7 Å². The molecular weight excluding hydrogens is 250 g/mol. The number of carbonyl (C=O) groups excluding carboxylic acids is 1. The van der Waals surface area contributed by atoms with Crippen LogP contribution in [0.4, 0.5) is 0 Å². The van der Waals surface area contributed by atoms with E-state index in [1.165, 1.54) is 0 Å². The molecule has 1 amide bonds. The van der Waals surface area contributed by atoms with Crippen LogP contribution in [0.3, 0.4) is 0 Å². The van der Waals surface area contributed by atoms with Gasteiger partial charge in [-0.15, -0.1) is 0 Å². The largest absolute Gasteiger partial charge is 0.339 e. The van der Waals surface area contributed by atoms with Crippen LogP contribution in [0.1, 0.15) is 42.6 Å². The van der Waals surface area contributed by atoms with Gasteiger partial charge in [0.15, 0.2) is 0 Å². The predicted octanol–water partition coefficient (Wildman–Crippen LogP) is 1.65. The van der Waals surface area contributed by atoms with E-state index in [1.54, 1.807) is 18.5 Å². The molecule has 1 aliphatic heterocycles. The second kappa shape index (κ2) is 6.06. The second-order valence-corrected chi connectivity index (χ2v) is 5.92. The standard InChI is InChI=1S/C16H21N3O/c1-16(2)5-8-19(9-6-16)15(20)14-10-13(4-3-7-17)11-18-12-14/h10-12H,5-9,17H2,1-2H3. The van der Waals surface area contributed by atoms with Crippen molar-refractivity contribution in [2.75, 3.05) is 19.6 Å². The molecule has 1 aromatic heterocycles. The molecular formula is C16H21N3O. The van der Waals surface area contributed by atoms with Gasteiger partial charge in [0.1, 0.15) is 0 Å². The van der Waals surface area contributed by atoms with Crippen LogP contribution in [0.15, 0.2) is 18.5 Å². The molecule has 0 aliphatic carbocycles. The van der Waals surface area contributed by atoms with Gasteiger partial charge < -0.3 is 10.6 Å². The van der Waals surface area contributed by atoms with E-state index in [0.717, 1.165) is 31.5 Å². The van der Waals surface area contributed by atoms with Gasteiger partial charge in [0.05, 0.1) is 12.1 Å². The van der Waals surface area contributed by atoms with Gasteiger partial charge in [-0.05, 0) is 24.3 Å². The minimum absolute atomic E-state index is 0.0457. The lowest BCUT2D eigenvalue weighted by Crippen LogP contribution is -2.41. The van der Waals surface area contributed by atoms with Crippen molar-refractivity contribution < 1.29 is 4.79 Å². The summed E-state index contributed by atoms with van der Waals surface area (Å²) in [7, 11) is 0. The Morgan fingerprint density at radius 3 is 2.75 bits per heavy atom. The third kappa shape index (κ3) is 3.58. The quantitative estimate of drug-likeness (QED) is 0.790. The number of likely N-dealkylation sites (tertiary alicyclic amines) is 1. The molecule has 1 aliphatic rings. The number of hydrogen-bond donors (Lipinski definition) is 1. The van der Waals surface area contributed by atoms with Gasteiger partial charge in [-0.1, -0.05) is 25.7 Å². The molecule has 4 heteroatoms. The maximum absolute atomic E-state index is 12.4. The molecule has 0 bridgehead atoms. The molecule has 1 aromatic rings. The summed E-state index contributed by atoms with van der Waals surface area (Å²) < 4.78 is 0. The normalized spacial score (nSPS) is 17.2. The fraction of sp³-hybridized carbons (Fsp3) is 0.500. The smallest absolute Gasteiger partial charge is 0.255 e. The molecule has 1 saturated heterocycles. The Balaban J connectivity index is 2.10. The molecule has 0 radical (unpaired) electrons. The highest BCUT2D eigenvalue weighted by atomic mass is 16.2. The highest BCUT2D eigenvalue weighted by molar-refractivity contribution is 5.94. The van der Waals surface area contributed by atoms with Crippen molar-refractivity contribution in [1.82, 2.24) is 9.88 Å². The number of aromatic nitrogens is 1. The fourth-order valence-corrected chi connectivity index (χ4v) is 2.28. The lowest BCUT2D eigenvalue weighted by Gasteiger charge is -2.36. The first-order chi connectivity index (χ1) is 9.52. The van der Waals surface area contributed by atoms with Crippen LogP contribution in [0.25, 0.3) is 0 Å². The minimum atomic E-state index is 0.0457. The molecule has 20 heavy (non-hydrogen) atoms. The third-order valence-electron chi connectivity index (χ3n) is 3.72. The molecule has 106 valence electrons. The highest BCUT2D eigenvalue weighted by Gasteiger charge is 2.28. The summed E-state index contributed by atoms with van der Waals surface area (Å²) in [6.07, 6.45) is 5.34. The Morgan fingerprint density at radius 2 is 2.10 bits per heavy atom. The fourth-order valence-electron chi connectivity index (χ4n) is 2.28. The van der Waals surface area contributed by atoms with Crippen LogP contribution in [0, 0.1) is 17.3 Å². The van der Waals surface area contributed by atoms with Gasteiger partial charge in [0.2, 0.25) is 0 Å². The number of pyridine rings is 1. The van der Waals surface area contributed by atoms with Gasteiger partial charge in [-0.3, -0.25) is 9.78 Å². The van der Waals surface area contributed by atoms with Crippen molar-refractivity contribution in [3.05, 3.63) is 29.6 Å². The number of nitrogens with two attached hydrogens (primary N) is 1. The molecule has 2 N–H and O–H groups in total. The van der Waals surface area contributed by atoms with E-state index < -0.39 is 0 Å². The zero-order valence-electron chi connectivity index (χ0n) is 12.1. The summed E-state index contributed by atoms with van der Waals surface area (Å²) >= 11 is 0. The minimum Gasteiger partial charge on any atom is -0.339 e. The van der Waals surface area contributed by atoms with E-state index in [-0.39, 0.29) is 5.91 Å². The first kappa shape index (κ1) is 14.5. The molecule has 0 atom stereocenters. The van der Waals surface area contributed by atoms with Crippen molar-refractivity contribution >= 4 is 5.91 Å². The molecule has 1 fully saturated rings. The number of hydrogen-bond acceptors (Lipinski definition) is 3. The highest BCUT2D eigenvalue weighted by Crippen LogP contribution is 2.30. The summed E-state index contributed by atoms with van der Waals surface area (Å²) in [5.74, 6) is 5.73. The average Bonchev–Trinajstić information content (AvgIpc) is 2.45. The lowest BCUT2D eigenvalue weighted by molar-refractivity contribution is 0.0630. The maximum atomic E-state index is 12.4. The van der Waals surface area contributed by atoms with E-state index in [9.17, 15) is 4.79 Å².